The van der Waals surface area contributed by atoms with Crippen LogP contribution in [0.25, 0.3) is 0 Å². The molecule has 1 aromatic rings. The molecular formula is C15H19BrN2O3. The number of carbonyl (C=O) groups is 2. The van der Waals surface area contributed by atoms with E-state index in [2.05, 4.69) is 20.9 Å². The lowest BCUT2D eigenvalue weighted by molar-refractivity contribution is -0.152. The molecule has 5 nitrogen and oxygen atoms in total. The predicted molar refractivity (Wildman–Crippen MR) is 82.1 cm³/mol. The molecule has 1 aliphatic heterocycles. The molecule has 1 saturated heterocycles. The highest BCUT2D eigenvalue weighted by Gasteiger charge is 2.41. The molecule has 0 unspecified atom stereocenters. The fourth-order valence-corrected chi connectivity index (χ4v) is 3.22. The number of nitrogens with zero attached hydrogens (tertiary/aromatic N) is 2. The second-order valence-corrected chi connectivity index (χ2v) is 6.29. The fraction of sp³-hybridized carbons (Fsp3) is 0.533. The number of carboxylic acid groups (broad SMARTS) is 1. The van der Waals surface area contributed by atoms with Gasteiger partial charge in [-0.1, -0.05) is 19.4 Å². The number of aromatic nitrogens is 1. The maximum atomic E-state index is 12.4. The van der Waals surface area contributed by atoms with Crippen molar-refractivity contribution in [1.82, 2.24) is 9.88 Å². The van der Waals surface area contributed by atoms with E-state index in [4.69, 9.17) is 0 Å². The number of hydrogen-bond donors (Lipinski definition) is 1. The predicted octanol–water partition coefficient (Wildman–Crippen LogP) is 2.95. The van der Waals surface area contributed by atoms with Gasteiger partial charge in [0.2, 0.25) is 0 Å². The van der Waals surface area contributed by atoms with Crippen molar-refractivity contribution in [2.45, 2.75) is 32.6 Å². The summed E-state index contributed by atoms with van der Waals surface area (Å²) in [6.07, 6.45) is 2.53. The molecule has 2 rings (SSSR count). The Labute approximate surface area is 132 Å². The quantitative estimate of drug-likeness (QED) is 0.843. The summed E-state index contributed by atoms with van der Waals surface area (Å²) in [6, 6.07) is 5.22. The van der Waals surface area contributed by atoms with Gasteiger partial charge in [0, 0.05) is 13.1 Å². The molecule has 6 heteroatoms. The van der Waals surface area contributed by atoms with Crippen LogP contribution in [0.3, 0.4) is 0 Å². The molecule has 1 aromatic heterocycles. The topological polar surface area (TPSA) is 70.5 Å². The van der Waals surface area contributed by atoms with Gasteiger partial charge in [-0.3, -0.25) is 9.59 Å². The van der Waals surface area contributed by atoms with Crippen molar-refractivity contribution < 1.29 is 14.7 Å². The first kappa shape index (κ1) is 15.9. The summed E-state index contributed by atoms with van der Waals surface area (Å²) in [5, 5.41) is 9.48. The number of pyridine rings is 1. The van der Waals surface area contributed by atoms with Gasteiger partial charge in [0.05, 0.1) is 5.41 Å². The zero-order chi connectivity index (χ0) is 15.5. The molecule has 2 heterocycles. The third kappa shape index (κ3) is 3.43. The number of likely N-dealkylation sites (tertiary alicyclic amines) is 1. The first-order valence-electron chi connectivity index (χ1n) is 7.14. The van der Waals surface area contributed by atoms with Crippen molar-refractivity contribution in [1.29, 1.82) is 0 Å². The normalized spacial score (nSPS) is 17.5. The number of rotatable bonds is 4. The Morgan fingerprint density at radius 3 is 2.57 bits per heavy atom. The number of amides is 1. The van der Waals surface area contributed by atoms with Gasteiger partial charge in [0.25, 0.3) is 5.91 Å². The van der Waals surface area contributed by atoms with Crippen LogP contribution in [0.5, 0.6) is 0 Å². The van der Waals surface area contributed by atoms with Crippen LogP contribution < -0.4 is 0 Å². The van der Waals surface area contributed by atoms with Crippen LogP contribution in [0.4, 0.5) is 0 Å². The van der Waals surface area contributed by atoms with E-state index in [1.807, 2.05) is 6.92 Å². The van der Waals surface area contributed by atoms with Gasteiger partial charge in [-0.25, -0.2) is 4.98 Å². The fourth-order valence-electron chi connectivity index (χ4n) is 2.88. The van der Waals surface area contributed by atoms with Gasteiger partial charge in [0.15, 0.2) is 0 Å². The monoisotopic (exact) mass is 354 g/mol. The minimum atomic E-state index is -0.739. The van der Waals surface area contributed by atoms with Gasteiger partial charge in [-0.2, -0.15) is 0 Å². The van der Waals surface area contributed by atoms with Gasteiger partial charge in [-0.15, -0.1) is 0 Å². The van der Waals surface area contributed by atoms with Crippen molar-refractivity contribution in [3.63, 3.8) is 0 Å². The average Bonchev–Trinajstić information content (AvgIpc) is 2.47. The molecule has 0 bridgehead atoms. The van der Waals surface area contributed by atoms with Crippen molar-refractivity contribution in [3.8, 4) is 0 Å². The first-order chi connectivity index (χ1) is 9.98. The summed E-state index contributed by atoms with van der Waals surface area (Å²) in [4.78, 5) is 29.8. The van der Waals surface area contributed by atoms with Crippen molar-refractivity contribution in [2.24, 2.45) is 5.41 Å². The van der Waals surface area contributed by atoms with Crippen LogP contribution in [0.1, 0.15) is 43.1 Å². The van der Waals surface area contributed by atoms with E-state index >= 15 is 0 Å². The number of piperidine rings is 1. The molecule has 114 valence electrons. The maximum absolute atomic E-state index is 12.4. The van der Waals surface area contributed by atoms with Crippen LogP contribution in [0.15, 0.2) is 22.8 Å². The van der Waals surface area contributed by atoms with Gasteiger partial charge < -0.3 is 10.0 Å². The van der Waals surface area contributed by atoms with Gasteiger partial charge in [-0.05, 0) is 47.3 Å². The van der Waals surface area contributed by atoms with Crippen LogP contribution >= 0.6 is 15.9 Å². The lowest BCUT2D eigenvalue weighted by Crippen LogP contribution is -2.46. The Morgan fingerprint density at radius 2 is 2.05 bits per heavy atom. The van der Waals surface area contributed by atoms with Gasteiger partial charge >= 0.3 is 5.97 Å². The number of carbonyl (C=O) groups excluding carboxylic acids is 1. The van der Waals surface area contributed by atoms with E-state index in [0.29, 0.717) is 42.6 Å². The minimum absolute atomic E-state index is 0.133. The van der Waals surface area contributed by atoms with E-state index in [1.54, 1.807) is 23.1 Å². The highest BCUT2D eigenvalue weighted by Crippen LogP contribution is 2.36. The molecule has 0 aliphatic carbocycles. The lowest BCUT2D eigenvalue weighted by atomic mass is 9.75. The summed E-state index contributed by atoms with van der Waals surface area (Å²) >= 11 is 3.25. The number of carboxylic acids is 1. The second-order valence-electron chi connectivity index (χ2n) is 5.47. The average molecular weight is 355 g/mol. The van der Waals surface area contributed by atoms with Crippen molar-refractivity contribution in [2.75, 3.05) is 13.1 Å². The standard InChI is InChI=1S/C15H19BrN2O3/c1-2-6-15(14(20)21)7-9-18(10-8-15)13(19)11-4-3-5-12(16)17-11/h3-5H,2,6-10H2,1H3,(H,20,21). The molecule has 1 amide bonds. The highest BCUT2D eigenvalue weighted by molar-refractivity contribution is 9.10. The largest absolute Gasteiger partial charge is 0.481 e. The molecular weight excluding hydrogens is 336 g/mol. The number of hydrogen-bond acceptors (Lipinski definition) is 3. The summed E-state index contributed by atoms with van der Waals surface area (Å²) in [7, 11) is 0. The van der Waals surface area contributed by atoms with E-state index in [9.17, 15) is 14.7 Å². The molecule has 0 radical (unpaired) electrons. The summed E-state index contributed by atoms with van der Waals surface area (Å²) < 4.78 is 0.622. The molecule has 21 heavy (non-hydrogen) atoms. The first-order valence-corrected chi connectivity index (χ1v) is 7.93. The summed E-state index contributed by atoms with van der Waals surface area (Å²) in [6.45, 7) is 2.94. The number of halogens is 1. The maximum Gasteiger partial charge on any atom is 0.309 e. The SMILES string of the molecule is CCCC1(C(=O)O)CCN(C(=O)c2cccc(Br)n2)CC1. The Hall–Kier alpha value is -1.43. The zero-order valence-electron chi connectivity index (χ0n) is 12.0. The number of aliphatic carboxylic acids is 1. The smallest absolute Gasteiger partial charge is 0.309 e. The Kier molecular flexibility index (Phi) is 4.98. The molecule has 1 fully saturated rings. The lowest BCUT2D eigenvalue weighted by Gasteiger charge is -2.38. The molecule has 0 atom stereocenters. The molecule has 1 aliphatic rings. The molecule has 0 aromatic carbocycles. The Bertz CT molecular complexity index is 539. The Balaban J connectivity index is 2.06. The van der Waals surface area contributed by atoms with Crippen LogP contribution in [0, 0.1) is 5.41 Å². The minimum Gasteiger partial charge on any atom is -0.481 e. The van der Waals surface area contributed by atoms with Crippen LogP contribution in [0.2, 0.25) is 0 Å². The van der Waals surface area contributed by atoms with E-state index < -0.39 is 11.4 Å². The van der Waals surface area contributed by atoms with Crippen LogP contribution in [-0.4, -0.2) is 40.0 Å². The summed E-state index contributed by atoms with van der Waals surface area (Å²) in [5.41, 5.74) is -0.279. The van der Waals surface area contributed by atoms with Crippen molar-refractivity contribution in [3.05, 3.63) is 28.5 Å². The van der Waals surface area contributed by atoms with Crippen molar-refractivity contribution >= 4 is 27.8 Å². The van der Waals surface area contributed by atoms with Gasteiger partial charge in [0.1, 0.15) is 10.3 Å². The molecule has 1 N–H and O–H groups in total. The second kappa shape index (κ2) is 6.56. The third-order valence-corrected chi connectivity index (χ3v) is 4.57. The van der Waals surface area contributed by atoms with E-state index in [1.165, 1.54) is 0 Å². The molecule has 0 saturated carbocycles. The molecule has 0 spiro atoms. The van der Waals surface area contributed by atoms with Crippen LogP contribution in [-0.2, 0) is 4.79 Å². The highest BCUT2D eigenvalue weighted by atomic mass is 79.9. The van der Waals surface area contributed by atoms with E-state index in [0.717, 1.165) is 6.42 Å². The third-order valence-electron chi connectivity index (χ3n) is 4.12. The zero-order valence-corrected chi connectivity index (χ0v) is 13.6. The van der Waals surface area contributed by atoms with E-state index in [-0.39, 0.29) is 5.91 Å². The Morgan fingerprint density at radius 1 is 1.38 bits per heavy atom. The summed E-state index contributed by atoms with van der Waals surface area (Å²) in [5.74, 6) is -0.871.